The summed E-state index contributed by atoms with van der Waals surface area (Å²) in [4.78, 5) is 21.8. The second kappa shape index (κ2) is 6.77. The number of carboxylic acid groups (broad SMARTS) is 1. The van der Waals surface area contributed by atoms with Gasteiger partial charge in [-0.2, -0.15) is 0 Å². The molecule has 0 radical (unpaired) electrons. The van der Waals surface area contributed by atoms with Crippen molar-refractivity contribution in [3.63, 3.8) is 0 Å². The number of aliphatic carboxylic acids is 1. The highest BCUT2D eigenvalue weighted by atomic mass is 35.6. The molecule has 0 aromatic rings. The maximum Gasteiger partial charge on any atom is 0.335 e. The predicted molar refractivity (Wildman–Crippen MR) is 62.7 cm³/mol. The van der Waals surface area contributed by atoms with Gasteiger partial charge in [-0.15, -0.1) is 0 Å². The summed E-state index contributed by atoms with van der Waals surface area (Å²) in [5, 5.41) is 8.39. The van der Waals surface area contributed by atoms with Crippen LogP contribution in [0.2, 0.25) is 0 Å². The smallest absolute Gasteiger partial charge is 0.335 e. The molecular formula is C9H11Cl3O6. The molecule has 0 aliphatic carbocycles. The number of hydrogen-bond acceptors (Lipinski definition) is 5. The van der Waals surface area contributed by atoms with Crippen molar-refractivity contribution in [3.8, 4) is 0 Å². The molecule has 9 heteroatoms. The first-order valence-corrected chi connectivity index (χ1v) is 6.16. The summed E-state index contributed by atoms with van der Waals surface area (Å²) >= 11 is 16.7. The zero-order valence-electron chi connectivity index (χ0n) is 9.11. The van der Waals surface area contributed by atoms with Crippen LogP contribution in [0, 0.1) is 0 Å². The summed E-state index contributed by atoms with van der Waals surface area (Å²) in [5.41, 5.74) is 0. The molecule has 0 spiro atoms. The molecule has 0 aromatic carbocycles. The first-order chi connectivity index (χ1) is 8.30. The number of halogens is 3. The molecule has 18 heavy (non-hydrogen) atoms. The Balaban J connectivity index is 2.41. The third kappa shape index (κ3) is 5.16. The molecule has 1 rings (SSSR count). The number of alkyl halides is 3. The molecule has 0 aromatic heterocycles. The second-order valence-corrected chi connectivity index (χ2v) is 5.84. The number of ether oxygens (including phenoxy) is 3. The highest BCUT2D eigenvalue weighted by Gasteiger charge is 2.41. The average molecular weight is 322 g/mol. The van der Waals surface area contributed by atoms with Gasteiger partial charge in [-0.25, -0.2) is 4.79 Å². The maximum absolute atomic E-state index is 11.5. The Kier molecular flexibility index (Phi) is 5.94. The molecule has 1 N–H and O–H groups in total. The van der Waals surface area contributed by atoms with Crippen LogP contribution in [-0.4, -0.2) is 46.4 Å². The Hall–Kier alpha value is -0.270. The van der Waals surface area contributed by atoms with E-state index in [9.17, 15) is 9.59 Å². The molecule has 2 atom stereocenters. The maximum atomic E-state index is 11.5. The van der Waals surface area contributed by atoms with E-state index in [0.29, 0.717) is 0 Å². The van der Waals surface area contributed by atoms with E-state index in [-0.39, 0.29) is 26.1 Å². The topological polar surface area (TPSA) is 82.1 Å². The molecular weight excluding hydrogens is 310 g/mol. The first-order valence-electron chi connectivity index (χ1n) is 5.03. The summed E-state index contributed by atoms with van der Waals surface area (Å²) in [6, 6.07) is 0. The van der Waals surface area contributed by atoms with Crippen LogP contribution in [0.15, 0.2) is 0 Å². The van der Waals surface area contributed by atoms with Crippen LogP contribution in [0.4, 0.5) is 0 Å². The molecule has 1 heterocycles. The lowest BCUT2D eigenvalue weighted by atomic mass is 10.2. The second-order valence-electron chi connectivity index (χ2n) is 3.47. The van der Waals surface area contributed by atoms with E-state index in [4.69, 9.17) is 54.1 Å². The highest BCUT2D eigenvalue weighted by Crippen LogP contribution is 2.35. The third-order valence-corrected chi connectivity index (χ3v) is 2.56. The van der Waals surface area contributed by atoms with Crippen LogP contribution in [0.25, 0.3) is 0 Å². The Labute approximate surface area is 118 Å². The Morgan fingerprint density at radius 3 is 2.61 bits per heavy atom. The van der Waals surface area contributed by atoms with Crippen molar-refractivity contribution < 1.29 is 28.9 Å². The van der Waals surface area contributed by atoms with Crippen molar-refractivity contribution in [1.82, 2.24) is 0 Å². The first kappa shape index (κ1) is 15.8. The zero-order valence-corrected chi connectivity index (χ0v) is 11.4. The zero-order chi connectivity index (χ0) is 13.8. The van der Waals surface area contributed by atoms with Crippen LogP contribution < -0.4 is 0 Å². The van der Waals surface area contributed by atoms with Gasteiger partial charge in [0.1, 0.15) is 6.61 Å². The average Bonchev–Trinajstić information content (AvgIpc) is 2.27. The van der Waals surface area contributed by atoms with Gasteiger partial charge in [0.15, 0.2) is 6.10 Å². The molecule has 6 nitrogen and oxygen atoms in total. The van der Waals surface area contributed by atoms with Gasteiger partial charge in [-0.3, -0.25) is 4.79 Å². The largest absolute Gasteiger partial charge is 0.481 e. The van der Waals surface area contributed by atoms with Crippen molar-refractivity contribution in [3.05, 3.63) is 0 Å². The number of hydrogen-bond donors (Lipinski definition) is 1. The molecule has 0 bridgehead atoms. The monoisotopic (exact) mass is 320 g/mol. The Morgan fingerprint density at radius 2 is 2.06 bits per heavy atom. The normalized spacial score (nSPS) is 24.6. The van der Waals surface area contributed by atoms with Crippen molar-refractivity contribution in [2.24, 2.45) is 0 Å². The standard InChI is InChI=1S/C9H11Cl3O6/c10-9(11,12)8-17-3-1-5(18-8)7(15)16-4-2-6(13)14/h5,8H,1-4H2,(H,13,14). The van der Waals surface area contributed by atoms with Gasteiger partial charge in [-0.1, -0.05) is 34.8 Å². The fourth-order valence-corrected chi connectivity index (χ4v) is 1.56. The number of carbonyl (C=O) groups excluding carboxylic acids is 1. The molecule has 1 aliphatic rings. The SMILES string of the molecule is O=C(O)CCOC(=O)C1CCOC(C(Cl)(Cl)Cl)O1. The fraction of sp³-hybridized carbons (Fsp3) is 0.778. The fourth-order valence-electron chi connectivity index (χ4n) is 1.22. The van der Waals surface area contributed by atoms with E-state index < -0.39 is 28.1 Å². The van der Waals surface area contributed by atoms with Crippen LogP contribution >= 0.6 is 34.8 Å². The van der Waals surface area contributed by atoms with Gasteiger partial charge >= 0.3 is 11.9 Å². The van der Waals surface area contributed by atoms with E-state index >= 15 is 0 Å². The van der Waals surface area contributed by atoms with Gasteiger partial charge in [-0.05, 0) is 0 Å². The molecule has 104 valence electrons. The number of rotatable bonds is 4. The van der Waals surface area contributed by atoms with Gasteiger partial charge < -0.3 is 19.3 Å². The molecule has 0 saturated carbocycles. The van der Waals surface area contributed by atoms with Gasteiger partial charge in [0.05, 0.1) is 13.0 Å². The summed E-state index contributed by atoms with van der Waals surface area (Å²) in [7, 11) is 0. The minimum Gasteiger partial charge on any atom is -0.481 e. The van der Waals surface area contributed by atoms with E-state index in [2.05, 4.69) is 0 Å². The number of carbonyl (C=O) groups is 2. The quantitative estimate of drug-likeness (QED) is 0.624. The van der Waals surface area contributed by atoms with Crippen LogP contribution in [0.1, 0.15) is 12.8 Å². The van der Waals surface area contributed by atoms with Crippen LogP contribution in [0.5, 0.6) is 0 Å². The van der Waals surface area contributed by atoms with E-state index in [1.165, 1.54) is 0 Å². The number of carboxylic acids is 1. The highest BCUT2D eigenvalue weighted by molar-refractivity contribution is 6.67. The van der Waals surface area contributed by atoms with Crippen molar-refractivity contribution in [2.75, 3.05) is 13.2 Å². The van der Waals surface area contributed by atoms with Crippen molar-refractivity contribution in [2.45, 2.75) is 29.0 Å². The number of esters is 1. The predicted octanol–water partition coefficient (Wildman–Crippen LogP) is 1.51. The lowest BCUT2D eigenvalue weighted by Crippen LogP contribution is -2.44. The molecule has 1 aliphatic heterocycles. The Bertz CT molecular complexity index is 316. The van der Waals surface area contributed by atoms with Crippen molar-refractivity contribution in [1.29, 1.82) is 0 Å². The molecule has 1 fully saturated rings. The molecule has 1 saturated heterocycles. The molecule has 0 amide bonds. The minimum atomic E-state index is -1.81. The van der Waals surface area contributed by atoms with Crippen LogP contribution in [0.3, 0.4) is 0 Å². The van der Waals surface area contributed by atoms with Gasteiger partial charge in [0.25, 0.3) is 0 Å². The van der Waals surface area contributed by atoms with E-state index in [0.717, 1.165) is 0 Å². The summed E-state index contributed by atoms with van der Waals surface area (Å²) in [6.45, 7) is -0.0510. The van der Waals surface area contributed by atoms with Crippen molar-refractivity contribution >= 4 is 46.7 Å². The summed E-state index contributed by atoms with van der Waals surface area (Å²) in [5.74, 6) is -1.76. The summed E-state index contributed by atoms with van der Waals surface area (Å²) in [6.07, 6.45) is -2.10. The van der Waals surface area contributed by atoms with Gasteiger partial charge in [0, 0.05) is 6.42 Å². The van der Waals surface area contributed by atoms with Crippen LogP contribution in [-0.2, 0) is 23.8 Å². The lowest BCUT2D eigenvalue weighted by Gasteiger charge is -2.32. The van der Waals surface area contributed by atoms with Gasteiger partial charge in [0.2, 0.25) is 10.1 Å². The molecule has 2 unspecified atom stereocenters. The Morgan fingerprint density at radius 1 is 1.39 bits per heavy atom. The van der Waals surface area contributed by atoms with E-state index in [1.807, 2.05) is 0 Å². The minimum absolute atomic E-state index is 0.178. The lowest BCUT2D eigenvalue weighted by molar-refractivity contribution is -0.220. The summed E-state index contributed by atoms with van der Waals surface area (Å²) < 4.78 is 13.1. The third-order valence-electron chi connectivity index (χ3n) is 2.03. The van der Waals surface area contributed by atoms with E-state index in [1.54, 1.807) is 0 Å².